The predicted molar refractivity (Wildman–Crippen MR) is 144 cm³/mol. The van der Waals surface area contributed by atoms with Crippen molar-refractivity contribution in [3.05, 3.63) is 131 Å². The van der Waals surface area contributed by atoms with Gasteiger partial charge in [-0.05, 0) is 35.4 Å². The minimum atomic E-state index is 0.00279. The van der Waals surface area contributed by atoms with Crippen molar-refractivity contribution in [3.8, 4) is 0 Å². The van der Waals surface area contributed by atoms with E-state index in [9.17, 15) is 0 Å². The molecule has 0 aromatic heterocycles. The number of para-hydroxylation sites is 2. The van der Waals surface area contributed by atoms with Crippen molar-refractivity contribution in [2.24, 2.45) is 9.98 Å². The second kappa shape index (κ2) is 9.70. The molecule has 4 aromatic carbocycles. The molecular formula is C31H27N3O2. The molecule has 2 atom stereocenters. The van der Waals surface area contributed by atoms with Gasteiger partial charge in [-0.25, -0.2) is 9.98 Å². The maximum atomic E-state index is 6.10. The van der Waals surface area contributed by atoms with E-state index in [2.05, 4.69) is 60.5 Å². The average molecular weight is 474 g/mol. The minimum Gasteiger partial charge on any atom is -0.475 e. The SMILES string of the molecule is CN(c1ccccc1C1=NC(c2ccccc2)CO1)c1ccccc1C1=NC(c2ccccc2)CO1. The van der Waals surface area contributed by atoms with E-state index in [1.165, 1.54) is 0 Å². The van der Waals surface area contributed by atoms with E-state index in [0.29, 0.717) is 25.0 Å². The summed E-state index contributed by atoms with van der Waals surface area (Å²) < 4.78 is 12.2. The Morgan fingerprint density at radius 1 is 0.556 bits per heavy atom. The van der Waals surface area contributed by atoms with Gasteiger partial charge < -0.3 is 14.4 Å². The molecule has 36 heavy (non-hydrogen) atoms. The van der Waals surface area contributed by atoms with Crippen molar-refractivity contribution < 1.29 is 9.47 Å². The maximum Gasteiger partial charge on any atom is 0.219 e. The van der Waals surface area contributed by atoms with Gasteiger partial charge >= 0.3 is 0 Å². The Morgan fingerprint density at radius 3 is 1.39 bits per heavy atom. The molecule has 0 bridgehead atoms. The fourth-order valence-corrected chi connectivity index (χ4v) is 4.76. The fraction of sp³-hybridized carbons (Fsp3) is 0.161. The van der Waals surface area contributed by atoms with Crippen molar-refractivity contribution in [2.75, 3.05) is 25.2 Å². The molecule has 2 heterocycles. The molecule has 0 aliphatic carbocycles. The van der Waals surface area contributed by atoms with Gasteiger partial charge in [0, 0.05) is 7.05 Å². The summed E-state index contributed by atoms with van der Waals surface area (Å²) in [4.78, 5) is 12.0. The molecule has 0 amide bonds. The van der Waals surface area contributed by atoms with Crippen LogP contribution in [-0.2, 0) is 9.47 Å². The Hall–Kier alpha value is -4.38. The van der Waals surface area contributed by atoms with Crippen LogP contribution in [0.15, 0.2) is 119 Å². The van der Waals surface area contributed by atoms with Gasteiger partial charge in [0.2, 0.25) is 11.8 Å². The molecule has 2 aliphatic rings. The molecule has 0 spiro atoms. The standard InChI is InChI=1S/C31H27N3O2/c1-34(28-18-10-8-16-24(28)30-32-26(20-35-30)22-12-4-2-5-13-22)29-19-11-9-17-25(29)31-33-27(21-36-31)23-14-6-3-7-15-23/h2-19,26-27H,20-21H2,1H3. The molecule has 2 aliphatic heterocycles. The Labute approximate surface area is 211 Å². The summed E-state index contributed by atoms with van der Waals surface area (Å²) in [5, 5.41) is 0. The zero-order valence-electron chi connectivity index (χ0n) is 20.1. The molecule has 4 aromatic rings. The zero-order chi connectivity index (χ0) is 24.3. The number of hydrogen-bond donors (Lipinski definition) is 0. The lowest BCUT2D eigenvalue weighted by Gasteiger charge is -2.24. The van der Waals surface area contributed by atoms with Gasteiger partial charge in [-0.1, -0.05) is 84.9 Å². The van der Waals surface area contributed by atoms with Crippen LogP contribution in [-0.4, -0.2) is 32.1 Å². The first-order valence-electron chi connectivity index (χ1n) is 12.2. The van der Waals surface area contributed by atoms with E-state index in [1.807, 2.05) is 60.7 Å². The lowest BCUT2D eigenvalue weighted by Crippen LogP contribution is -2.18. The molecule has 0 N–H and O–H groups in total. The summed E-state index contributed by atoms with van der Waals surface area (Å²) in [5.41, 5.74) is 6.27. The van der Waals surface area contributed by atoms with Crippen LogP contribution in [0.25, 0.3) is 0 Å². The number of rotatable bonds is 6. The summed E-state index contributed by atoms with van der Waals surface area (Å²) in [6, 6.07) is 37.0. The van der Waals surface area contributed by atoms with E-state index in [0.717, 1.165) is 33.6 Å². The van der Waals surface area contributed by atoms with Crippen LogP contribution in [0.5, 0.6) is 0 Å². The average Bonchev–Trinajstić information content (AvgIpc) is 3.65. The number of anilines is 2. The first-order valence-corrected chi connectivity index (χ1v) is 12.2. The third kappa shape index (κ3) is 4.24. The molecule has 2 unspecified atom stereocenters. The third-order valence-electron chi connectivity index (χ3n) is 6.66. The minimum absolute atomic E-state index is 0.00279. The topological polar surface area (TPSA) is 46.4 Å². The van der Waals surface area contributed by atoms with Crippen LogP contribution >= 0.6 is 0 Å². The Bertz CT molecular complexity index is 1310. The van der Waals surface area contributed by atoms with E-state index >= 15 is 0 Å². The van der Waals surface area contributed by atoms with Gasteiger partial charge in [-0.3, -0.25) is 0 Å². The maximum absolute atomic E-state index is 6.10. The largest absolute Gasteiger partial charge is 0.475 e. The Kier molecular flexibility index (Phi) is 5.96. The fourth-order valence-electron chi connectivity index (χ4n) is 4.76. The number of aliphatic imine (C=N–C) groups is 2. The molecule has 5 nitrogen and oxygen atoms in total. The van der Waals surface area contributed by atoms with Crippen LogP contribution in [0.2, 0.25) is 0 Å². The summed E-state index contributed by atoms with van der Waals surface area (Å²) in [6.45, 7) is 1.08. The molecule has 0 fully saturated rings. The van der Waals surface area contributed by atoms with Crippen molar-refractivity contribution in [1.82, 2.24) is 0 Å². The van der Waals surface area contributed by atoms with Gasteiger partial charge in [0.15, 0.2) is 0 Å². The van der Waals surface area contributed by atoms with E-state index in [-0.39, 0.29) is 12.1 Å². The van der Waals surface area contributed by atoms with Gasteiger partial charge in [0.25, 0.3) is 0 Å². The van der Waals surface area contributed by atoms with E-state index in [1.54, 1.807) is 0 Å². The monoisotopic (exact) mass is 473 g/mol. The highest BCUT2D eigenvalue weighted by atomic mass is 16.5. The summed E-state index contributed by atoms with van der Waals surface area (Å²) >= 11 is 0. The van der Waals surface area contributed by atoms with Gasteiger partial charge in [0.1, 0.15) is 25.3 Å². The molecule has 5 heteroatoms. The summed E-state index contributed by atoms with van der Waals surface area (Å²) in [5.74, 6) is 1.34. The van der Waals surface area contributed by atoms with Crippen LogP contribution in [0.4, 0.5) is 11.4 Å². The molecular weight excluding hydrogens is 446 g/mol. The predicted octanol–water partition coefficient (Wildman–Crippen LogP) is 6.49. The molecule has 178 valence electrons. The Morgan fingerprint density at radius 2 is 0.944 bits per heavy atom. The van der Waals surface area contributed by atoms with Crippen molar-refractivity contribution in [1.29, 1.82) is 0 Å². The van der Waals surface area contributed by atoms with Gasteiger partial charge in [0.05, 0.1) is 22.5 Å². The van der Waals surface area contributed by atoms with Crippen LogP contribution in [0.3, 0.4) is 0 Å². The Balaban J connectivity index is 1.33. The van der Waals surface area contributed by atoms with Crippen LogP contribution in [0, 0.1) is 0 Å². The number of benzene rings is 4. The summed E-state index contributed by atoms with van der Waals surface area (Å²) in [7, 11) is 2.06. The quantitative estimate of drug-likeness (QED) is 0.322. The third-order valence-corrected chi connectivity index (χ3v) is 6.66. The first kappa shape index (κ1) is 22.1. The summed E-state index contributed by atoms with van der Waals surface area (Å²) in [6.07, 6.45) is 0. The van der Waals surface area contributed by atoms with E-state index in [4.69, 9.17) is 19.5 Å². The van der Waals surface area contributed by atoms with Crippen LogP contribution in [0.1, 0.15) is 34.3 Å². The lowest BCUT2D eigenvalue weighted by molar-refractivity contribution is 0.320. The highest BCUT2D eigenvalue weighted by molar-refractivity contribution is 6.04. The van der Waals surface area contributed by atoms with Crippen LogP contribution < -0.4 is 4.90 Å². The van der Waals surface area contributed by atoms with Crippen molar-refractivity contribution in [2.45, 2.75) is 12.1 Å². The molecule has 0 saturated carbocycles. The second-order valence-electron chi connectivity index (χ2n) is 8.94. The van der Waals surface area contributed by atoms with E-state index < -0.39 is 0 Å². The smallest absolute Gasteiger partial charge is 0.219 e. The highest BCUT2D eigenvalue weighted by Crippen LogP contribution is 2.35. The zero-order valence-corrected chi connectivity index (χ0v) is 20.1. The lowest BCUT2D eigenvalue weighted by atomic mass is 10.1. The molecule has 0 radical (unpaired) electrons. The molecule has 0 saturated heterocycles. The normalized spacial score (nSPS) is 18.7. The number of ether oxygens (including phenoxy) is 2. The van der Waals surface area contributed by atoms with Gasteiger partial charge in [-0.15, -0.1) is 0 Å². The van der Waals surface area contributed by atoms with Gasteiger partial charge in [-0.2, -0.15) is 0 Å². The highest BCUT2D eigenvalue weighted by Gasteiger charge is 2.27. The second-order valence-corrected chi connectivity index (χ2v) is 8.94. The molecule has 6 rings (SSSR count). The first-order chi connectivity index (χ1) is 17.8. The number of nitrogens with zero attached hydrogens (tertiary/aromatic N) is 3. The van der Waals surface area contributed by atoms with Crippen molar-refractivity contribution in [3.63, 3.8) is 0 Å². The number of hydrogen-bond acceptors (Lipinski definition) is 5. The van der Waals surface area contributed by atoms with Crippen molar-refractivity contribution >= 4 is 23.2 Å².